The van der Waals surface area contributed by atoms with E-state index in [1.165, 1.54) is 7.11 Å². The largest absolute Gasteiger partial charge is 0.465 e. The van der Waals surface area contributed by atoms with Crippen molar-refractivity contribution in [3.63, 3.8) is 0 Å². The van der Waals surface area contributed by atoms with Gasteiger partial charge in [-0.15, -0.1) is 5.10 Å². The molecule has 0 bridgehead atoms. The van der Waals surface area contributed by atoms with Gasteiger partial charge in [-0.3, -0.25) is 0 Å². The van der Waals surface area contributed by atoms with Gasteiger partial charge in [0.1, 0.15) is 5.52 Å². The SMILES string of the molecule is COC(=O)c1ccc(-c2cc(C)c3nc(C)cn3n2)c2ccnnc12. The van der Waals surface area contributed by atoms with Crippen molar-refractivity contribution in [2.75, 3.05) is 7.11 Å². The van der Waals surface area contributed by atoms with E-state index in [0.717, 1.165) is 33.5 Å². The van der Waals surface area contributed by atoms with Crippen molar-refractivity contribution in [3.05, 3.63) is 53.5 Å². The maximum absolute atomic E-state index is 12.0. The molecule has 0 aliphatic heterocycles. The van der Waals surface area contributed by atoms with Crippen LogP contribution in [0.1, 0.15) is 21.6 Å². The highest BCUT2D eigenvalue weighted by atomic mass is 16.5. The summed E-state index contributed by atoms with van der Waals surface area (Å²) in [6.07, 6.45) is 3.48. The van der Waals surface area contributed by atoms with Gasteiger partial charge >= 0.3 is 5.97 Å². The Morgan fingerprint density at radius 1 is 1.20 bits per heavy atom. The highest BCUT2D eigenvalue weighted by molar-refractivity contribution is 6.06. The Morgan fingerprint density at radius 2 is 2.04 bits per heavy atom. The molecule has 0 unspecified atom stereocenters. The number of aryl methyl sites for hydroxylation is 2. The third kappa shape index (κ3) is 2.40. The number of methoxy groups -OCH3 is 1. The van der Waals surface area contributed by atoms with Crippen molar-refractivity contribution in [2.45, 2.75) is 13.8 Å². The standard InChI is InChI=1S/C18H15N5O2/c1-10-8-15(22-23-9-11(2)20-17(10)23)12-4-5-14(18(24)25-3)16-13(12)6-7-19-21-16/h4-9H,1-3H3. The fourth-order valence-corrected chi connectivity index (χ4v) is 2.96. The minimum atomic E-state index is -0.443. The molecule has 1 aromatic carbocycles. The van der Waals surface area contributed by atoms with Gasteiger partial charge in [0, 0.05) is 10.9 Å². The first-order valence-electron chi connectivity index (χ1n) is 7.75. The first-order chi connectivity index (χ1) is 12.1. The summed E-state index contributed by atoms with van der Waals surface area (Å²) in [5.41, 5.74) is 5.27. The van der Waals surface area contributed by atoms with Crippen molar-refractivity contribution >= 4 is 22.5 Å². The Balaban J connectivity index is 2.00. The Morgan fingerprint density at radius 3 is 2.84 bits per heavy atom. The molecule has 7 nitrogen and oxygen atoms in total. The van der Waals surface area contributed by atoms with Gasteiger partial charge in [-0.1, -0.05) is 6.07 Å². The maximum Gasteiger partial charge on any atom is 0.340 e. The summed E-state index contributed by atoms with van der Waals surface area (Å²) in [4.78, 5) is 16.5. The number of ether oxygens (including phenoxy) is 1. The predicted octanol–water partition coefficient (Wildman–Crippen LogP) is 2.74. The average molecular weight is 333 g/mol. The second-order valence-corrected chi connectivity index (χ2v) is 5.81. The van der Waals surface area contributed by atoms with Crippen molar-refractivity contribution < 1.29 is 9.53 Å². The first kappa shape index (κ1) is 15.2. The van der Waals surface area contributed by atoms with Gasteiger partial charge < -0.3 is 4.74 Å². The smallest absolute Gasteiger partial charge is 0.340 e. The highest BCUT2D eigenvalue weighted by Gasteiger charge is 2.17. The second-order valence-electron chi connectivity index (χ2n) is 5.81. The van der Waals surface area contributed by atoms with E-state index in [0.29, 0.717) is 11.1 Å². The predicted molar refractivity (Wildman–Crippen MR) is 92.3 cm³/mol. The molecule has 7 heteroatoms. The topological polar surface area (TPSA) is 82.3 Å². The van der Waals surface area contributed by atoms with E-state index in [-0.39, 0.29) is 0 Å². The second kappa shape index (κ2) is 5.62. The van der Waals surface area contributed by atoms with E-state index in [4.69, 9.17) is 4.74 Å². The van der Waals surface area contributed by atoms with Crippen molar-refractivity contribution in [3.8, 4) is 11.3 Å². The Hall–Kier alpha value is -3.35. The van der Waals surface area contributed by atoms with Gasteiger partial charge in [0.2, 0.25) is 0 Å². The molecule has 0 amide bonds. The van der Waals surface area contributed by atoms with Crippen LogP contribution in [0.5, 0.6) is 0 Å². The van der Waals surface area contributed by atoms with Crippen LogP contribution in [0, 0.1) is 13.8 Å². The fraction of sp³-hybridized carbons (Fsp3) is 0.167. The Kier molecular flexibility index (Phi) is 3.42. The van der Waals surface area contributed by atoms with Gasteiger partial charge in [-0.25, -0.2) is 14.3 Å². The lowest BCUT2D eigenvalue weighted by Gasteiger charge is -2.09. The van der Waals surface area contributed by atoms with E-state index in [1.807, 2.05) is 38.2 Å². The molecular formula is C18H15N5O2. The molecule has 3 aromatic heterocycles. The van der Waals surface area contributed by atoms with Crippen molar-refractivity contribution in [1.29, 1.82) is 0 Å². The van der Waals surface area contributed by atoms with E-state index in [9.17, 15) is 4.79 Å². The molecule has 0 fully saturated rings. The number of benzene rings is 1. The fourth-order valence-electron chi connectivity index (χ4n) is 2.96. The maximum atomic E-state index is 12.0. The van der Waals surface area contributed by atoms with Crippen molar-refractivity contribution in [2.24, 2.45) is 0 Å². The number of carbonyl (C=O) groups is 1. The quantitative estimate of drug-likeness (QED) is 0.525. The minimum absolute atomic E-state index is 0.380. The summed E-state index contributed by atoms with van der Waals surface area (Å²) >= 11 is 0. The van der Waals surface area contributed by atoms with Crippen LogP contribution in [0.25, 0.3) is 27.8 Å². The molecule has 4 rings (SSSR count). The Labute approximate surface area is 143 Å². The number of hydrogen-bond donors (Lipinski definition) is 0. The molecular weight excluding hydrogens is 318 g/mol. The van der Waals surface area contributed by atoms with Crippen LogP contribution in [0.2, 0.25) is 0 Å². The molecule has 0 saturated carbocycles. The lowest BCUT2D eigenvalue weighted by atomic mass is 10.0. The number of rotatable bonds is 2. The summed E-state index contributed by atoms with van der Waals surface area (Å²) in [7, 11) is 1.35. The van der Waals surface area contributed by atoms with Gasteiger partial charge in [0.15, 0.2) is 5.65 Å². The Bertz CT molecular complexity index is 1130. The zero-order valence-corrected chi connectivity index (χ0v) is 14.0. The molecule has 0 aliphatic carbocycles. The van der Waals surface area contributed by atoms with Crippen molar-refractivity contribution in [1.82, 2.24) is 24.8 Å². The van der Waals surface area contributed by atoms with Crippen LogP contribution in [-0.2, 0) is 4.74 Å². The van der Waals surface area contributed by atoms with Gasteiger partial charge in [-0.05, 0) is 37.6 Å². The molecule has 4 aromatic rings. The van der Waals surface area contributed by atoms with Crippen LogP contribution in [0.4, 0.5) is 0 Å². The number of aromatic nitrogens is 5. The third-order valence-corrected chi connectivity index (χ3v) is 4.09. The van der Waals surface area contributed by atoms with E-state index >= 15 is 0 Å². The van der Waals surface area contributed by atoms with Crippen LogP contribution in [-0.4, -0.2) is 37.9 Å². The average Bonchev–Trinajstić information content (AvgIpc) is 3.01. The summed E-state index contributed by atoms with van der Waals surface area (Å²) in [5, 5.41) is 13.5. The monoisotopic (exact) mass is 333 g/mol. The van der Waals surface area contributed by atoms with Crippen LogP contribution < -0.4 is 0 Å². The summed E-state index contributed by atoms with van der Waals surface area (Å²) in [6, 6.07) is 7.35. The van der Waals surface area contributed by atoms with Gasteiger partial charge in [-0.2, -0.15) is 10.2 Å². The summed E-state index contributed by atoms with van der Waals surface area (Å²) in [6.45, 7) is 3.93. The van der Waals surface area contributed by atoms with Gasteiger partial charge in [0.25, 0.3) is 0 Å². The number of esters is 1. The van der Waals surface area contributed by atoms with Crippen LogP contribution in [0.3, 0.4) is 0 Å². The zero-order valence-electron chi connectivity index (χ0n) is 14.0. The molecule has 0 aliphatic rings. The lowest BCUT2D eigenvalue weighted by molar-refractivity contribution is 0.0602. The molecule has 0 spiro atoms. The molecule has 0 atom stereocenters. The number of fused-ring (bicyclic) bond motifs is 2. The van der Waals surface area contributed by atoms with Crippen LogP contribution >= 0.6 is 0 Å². The number of carbonyl (C=O) groups excluding carboxylic acids is 1. The summed E-state index contributed by atoms with van der Waals surface area (Å²) < 4.78 is 6.61. The van der Waals surface area contributed by atoms with E-state index < -0.39 is 5.97 Å². The number of imidazole rings is 1. The molecule has 124 valence electrons. The highest BCUT2D eigenvalue weighted by Crippen LogP contribution is 2.29. The minimum Gasteiger partial charge on any atom is -0.465 e. The zero-order chi connectivity index (χ0) is 17.6. The molecule has 0 radical (unpaired) electrons. The van der Waals surface area contributed by atoms with Gasteiger partial charge in [0.05, 0.1) is 36.5 Å². The first-order valence-corrected chi connectivity index (χ1v) is 7.75. The van der Waals surface area contributed by atoms with Crippen LogP contribution in [0.15, 0.2) is 36.7 Å². The molecule has 0 saturated heterocycles. The lowest BCUT2D eigenvalue weighted by Crippen LogP contribution is -2.04. The van der Waals surface area contributed by atoms with E-state index in [2.05, 4.69) is 20.3 Å². The van der Waals surface area contributed by atoms with E-state index in [1.54, 1.807) is 16.8 Å². The molecule has 25 heavy (non-hydrogen) atoms. The third-order valence-electron chi connectivity index (χ3n) is 4.09. The molecule has 3 heterocycles. The number of nitrogens with zero attached hydrogens (tertiary/aromatic N) is 5. The molecule has 0 N–H and O–H groups in total. The summed E-state index contributed by atoms with van der Waals surface area (Å²) in [5.74, 6) is -0.443. The normalized spacial score (nSPS) is 11.2. The number of hydrogen-bond acceptors (Lipinski definition) is 6.